The zero-order valence-corrected chi connectivity index (χ0v) is 15.6. The normalized spacial score (nSPS) is 14.9. The third kappa shape index (κ3) is 3.68. The van der Waals surface area contributed by atoms with Gasteiger partial charge < -0.3 is 9.64 Å². The van der Waals surface area contributed by atoms with Gasteiger partial charge in [0.05, 0.1) is 17.3 Å². The van der Waals surface area contributed by atoms with Crippen molar-refractivity contribution in [1.29, 1.82) is 10.5 Å². The summed E-state index contributed by atoms with van der Waals surface area (Å²) in [7, 11) is 0. The van der Waals surface area contributed by atoms with E-state index in [9.17, 15) is 10.5 Å². The molecule has 0 fully saturated rings. The summed E-state index contributed by atoms with van der Waals surface area (Å²) >= 11 is 0. The van der Waals surface area contributed by atoms with Crippen molar-refractivity contribution in [2.75, 3.05) is 6.54 Å². The van der Waals surface area contributed by atoms with Crippen LogP contribution in [0.15, 0.2) is 59.6 Å². The molecule has 0 bridgehead atoms. The van der Waals surface area contributed by atoms with Gasteiger partial charge in [0.2, 0.25) is 6.19 Å². The summed E-state index contributed by atoms with van der Waals surface area (Å²) in [6.45, 7) is 6.57. The lowest BCUT2D eigenvalue weighted by Gasteiger charge is -2.36. The SMILES string of the molecule is CCN(C1=CC(C)(C)Oc2ccc(C#N)cc21)/C(=N\C#N)c1ccccc1. The Hall–Kier alpha value is -3.57. The highest BCUT2D eigenvalue weighted by atomic mass is 16.5. The van der Waals surface area contributed by atoms with Crippen LogP contribution in [0.2, 0.25) is 0 Å². The Labute approximate surface area is 159 Å². The van der Waals surface area contributed by atoms with E-state index < -0.39 is 5.60 Å². The predicted molar refractivity (Wildman–Crippen MR) is 105 cm³/mol. The van der Waals surface area contributed by atoms with Gasteiger partial charge in [0, 0.05) is 17.7 Å². The van der Waals surface area contributed by atoms with Crippen LogP contribution in [-0.2, 0) is 0 Å². The molecule has 0 radical (unpaired) electrons. The van der Waals surface area contributed by atoms with Crippen LogP contribution in [0.4, 0.5) is 0 Å². The second-order valence-electron chi connectivity index (χ2n) is 6.70. The minimum absolute atomic E-state index is 0.529. The number of nitriles is 2. The molecule has 1 heterocycles. The fraction of sp³-hybridized carbons (Fsp3) is 0.227. The number of benzene rings is 2. The molecular formula is C22H20N4O. The largest absolute Gasteiger partial charge is 0.483 e. The summed E-state index contributed by atoms with van der Waals surface area (Å²) in [5.41, 5.74) is 2.57. The van der Waals surface area contributed by atoms with Crippen molar-refractivity contribution < 1.29 is 4.74 Å². The van der Waals surface area contributed by atoms with Gasteiger partial charge in [0.25, 0.3) is 0 Å². The van der Waals surface area contributed by atoms with Crippen molar-refractivity contribution in [1.82, 2.24) is 4.90 Å². The molecule has 1 aliphatic rings. The Bertz CT molecular complexity index is 991. The number of hydrogen-bond acceptors (Lipinski definition) is 4. The summed E-state index contributed by atoms with van der Waals surface area (Å²) in [6.07, 6.45) is 3.93. The Morgan fingerprint density at radius 2 is 1.89 bits per heavy atom. The molecule has 2 aromatic rings. The maximum Gasteiger partial charge on any atom is 0.207 e. The molecule has 2 aromatic carbocycles. The lowest BCUT2D eigenvalue weighted by molar-refractivity contribution is 0.156. The first-order valence-electron chi connectivity index (χ1n) is 8.75. The second kappa shape index (κ2) is 7.35. The van der Waals surface area contributed by atoms with Crippen LogP contribution in [0.3, 0.4) is 0 Å². The number of ether oxygens (including phenoxy) is 1. The minimum Gasteiger partial charge on any atom is -0.483 e. The van der Waals surface area contributed by atoms with E-state index in [0.29, 0.717) is 23.7 Å². The lowest BCUT2D eigenvalue weighted by Crippen LogP contribution is -2.36. The van der Waals surface area contributed by atoms with Crippen LogP contribution in [0.1, 0.15) is 37.5 Å². The maximum atomic E-state index is 9.30. The average Bonchev–Trinajstić information content (AvgIpc) is 2.67. The van der Waals surface area contributed by atoms with Crippen LogP contribution in [0.5, 0.6) is 5.75 Å². The number of hydrogen-bond donors (Lipinski definition) is 0. The van der Waals surface area contributed by atoms with E-state index in [4.69, 9.17) is 4.74 Å². The molecule has 0 atom stereocenters. The highest BCUT2D eigenvalue weighted by Crippen LogP contribution is 2.38. The van der Waals surface area contributed by atoms with E-state index in [1.165, 1.54) is 0 Å². The molecule has 27 heavy (non-hydrogen) atoms. The van der Waals surface area contributed by atoms with Crippen LogP contribution in [0.25, 0.3) is 5.70 Å². The smallest absolute Gasteiger partial charge is 0.207 e. The van der Waals surface area contributed by atoms with E-state index in [1.807, 2.05) is 80.4 Å². The minimum atomic E-state index is -0.529. The average molecular weight is 356 g/mol. The first kappa shape index (κ1) is 18.2. The van der Waals surface area contributed by atoms with Gasteiger partial charge in [-0.2, -0.15) is 15.5 Å². The third-order valence-corrected chi connectivity index (χ3v) is 4.29. The quantitative estimate of drug-likeness (QED) is 0.466. The summed E-state index contributed by atoms with van der Waals surface area (Å²) in [5, 5.41) is 18.6. The molecule has 134 valence electrons. The molecule has 3 rings (SSSR count). The molecule has 0 aliphatic carbocycles. The molecule has 1 aliphatic heterocycles. The fourth-order valence-corrected chi connectivity index (χ4v) is 3.18. The standard InChI is InChI=1S/C22H20N4O/c1-4-26(21(25-15-24)17-8-6-5-7-9-17)19-13-22(2,3)27-20-11-10-16(14-23)12-18(19)20/h5-13H,4H2,1-3H3/b25-21-. The zero-order chi connectivity index (χ0) is 19.4. The van der Waals surface area contributed by atoms with Gasteiger partial charge in [0.1, 0.15) is 11.4 Å². The number of rotatable bonds is 3. The van der Waals surface area contributed by atoms with Crippen molar-refractivity contribution >= 4 is 11.5 Å². The molecule has 5 nitrogen and oxygen atoms in total. The van der Waals surface area contributed by atoms with E-state index in [0.717, 1.165) is 16.8 Å². The van der Waals surface area contributed by atoms with Gasteiger partial charge in [-0.25, -0.2) is 0 Å². The number of aliphatic imine (C=N–C) groups is 1. The molecule has 0 saturated carbocycles. The van der Waals surface area contributed by atoms with Crippen LogP contribution >= 0.6 is 0 Å². The van der Waals surface area contributed by atoms with E-state index in [1.54, 1.807) is 6.07 Å². The summed E-state index contributed by atoms with van der Waals surface area (Å²) in [5.74, 6) is 1.28. The van der Waals surface area contributed by atoms with Gasteiger partial charge in [-0.3, -0.25) is 0 Å². The number of nitrogens with zero attached hydrogens (tertiary/aromatic N) is 4. The van der Waals surface area contributed by atoms with Gasteiger partial charge in [-0.05, 0) is 45.0 Å². The van der Waals surface area contributed by atoms with Crippen molar-refractivity contribution in [3.05, 3.63) is 71.3 Å². The van der Waals surface area contributed by atoms with Crippen molar-refractivity contribution in [2.45, 2.75) is 26.4 Å². The molecule has 0 N–H and O–H groups in total. The van der Waals surface area contributed by atoms with Crippen LogP contribution < -0.4 is 4.74 Å². The highest BCUT2D eigenvalue weighted by molar-refractivity contribution is 6.04. The second-order valence-corrected chi connectivity index (χ2v) is 6.70. The Balaban J connectivity index is 2.19. The maximum absolute atomic E-state index is 9.30. The Morgan fingerprint density at radius 1 is 1.15 bits per heavy atom. The molecule has 5 heteroatoms. The molecule has 0 saturated heterocycles. The Kier molecular flexibility index (Phi) is 4.96. The number of fused-ring (bicyclic) bond motifs is 1. The van der Waals surface area contributed by atoms with E-state index >= 15 is 0 Å². The molecule has 0 aromatic heterocycles. The number of amidine groups is 1. The van der Waals surface area contributed by atoms with Gasteiger partial charge in [-0.15, -0.1) is 0 Å². The van der Waals surface area contributed by atoms with E-state index in [2.05, 4.69) is 11.1 Å². The lowest BCUT2D eigenvalue weighted by atomic mass is 9.96. The monoisotopic (exact) mass is 356 g/mol. The first-order chi connectivity index (χ1) is 13.0. The molecule has 0 amide bonds. The summed E-state index contributed by atoms with van der Waals surface area (Å²) in [6, 6.07) is 17.2. The van der Waals surface area contributed by atoms with Crippen LogP contribution in [0, 0.1) is 22.8 Å². The van der Waals surface area contributed by atoms with E-state index in [-0.39, 0.29) is 0 Å². The van der Waals surface area contributed by atoms with Crippen molar-refractivity contribution in [2.24, 2.45) is 4.99 Å². The summed E-state index contributed by atoms with van der Waals surface area (Å²) < 4.78 is 6.07. The molecule has 0 unspecified atom stereocenters. The third-order valence-electron chi connectivity index (χ3n) is 4.29. The van der Waals surface area contributed by atoms with Crippen LogP contribution in [-0.4, -0.2) is 22.9 Å². The van der Waals surface area contributed by atoms with Gasteiger partial charge in [0.15, 0.2) is 5.84 Å². The molecular weight excluding hydrogens is 336 g/mol. The predicted octanol–water partition coefficient (Wildman–Crippen LogP) is 4.32. The first-order valence-corrected chi connectivity index (χ1v) is 8.75. The van der Waals surface area contributed by atoms with Crippen molar-refractivity contribution in [3.8, 4) is 18.0 Å². The Morgan fingerprint density at radius 3 is 2.52 bits per heavy atom. The highest BCUT2D eigenvalue weighted by Gasteiger charge is 2.31. The fourth-order valence-electron chi connectivity index (χ4n) is 3.18. The summed E-state index contributed by atoms with van der Waals surface area (Å²) in [4.78, 5) is 6.09. The zero-order valence-electron chi connectivity index (χ0n) is 15.6. The van der Waals surface area contributed by atoms with Gasteiger partial charge in [-0.1, -0.05) is 30.3 Å². The van der Waals surface area contributed by atoms with Gasteiger partial charge >= 0.3 is 0 Å². The topological polar surface area (TPSA) is 72.4 Å². The molecule has 0 spiro atoms. The van der Waals surface area contributed by atoms with Crippen molar-refractivity contribution in [3.63, 3.8) is 0 Å².